The van der Waals surface area contributed by atoms with Gasteiger partial charge in [-0.3, -0.25) is 19.7 Å². The van der Waals surface area contributed by atoms with Crippen molar-refractivity contribution in [3.05, 3.63) is 94.3 Å². The Balaban J connectivity index is 1.08. The molecule has 2 heterocycles. The highest BCUT2D eigenvalue weighted by Gasteiger charge is 2.22. The minimum Gasteiger partial charge on any atom is -0.411 e. The minimum atomic E-state index is -0.493. The summed E-state index contributed by atoms with van der Waals surface area (Å²) in [7, 11) is 0. The Morgan fingerprint density at radius 1 is 1.00 bits per heavy atom. The van der Waals surface area contributed by atoms with Crippen LogP contribution in [0.15, 0.2) is 82.4 Å². The second-order valence-electron chi connectivity index (χ2n) is 8.85. The topological polar surface area (TPSA) is 135 Å². The number of nitrogens with one attached hydrogen (secondary N) is 1. The van der Waals surface area contributed by atoms with Gasteiger partial charge in [0.15, 0.2) is 0 Å². The third-order valence-electron chi connectivity index (χ3n) is 6.21. The van der Waals surface area contributed by atoms with E-state index in [0.29, 0.717) is 43.0 Å². The second-order valence-corrected chi connectivity index (χ2v) is 9.78. The number of piperazine rings is 1. The number of hydrogen-bond acceptors (Lipinski definition) is 9. The molecular weight excluding hydrogens is 539 g/mol. The van der Waals surface area contributed by atoms with Crippen LogP contribution in [0.3, 0.4) is 0 Å². The molecule has 1 aromatic heterocycles. The maximum atomic E-state index is 13.5. The van der Waals surface area contributed by atoms with Crippen molar-refractivity contribution in [2.75, 3.05) is 42.1 Å². The number of nitro benzene ring substituents is 1. The molecule has 40 heavy (non-hydrogen) atoms. The third-order valence-corrected chi connectivity index (χ3v) is 7.03. The smallest absolute Gasteiger partial charge is 0.277 e. The molecule has 1 fully saturated rings. The van der Waals surface area contributed by atoms with Gasteiger partial charge in [-0.2, -0.15) is 0 Å². The first-order chi connectivity index (χ1) is 19.4. The number of nitro groups is 1. The summed E-state index contributed by atoms with van der Waals surface area (Å²) >= 11 is 1.08. The normalized spacial score (nSPS) is 13.2. The quantitative estimate of drug-likeness (QED) is 0.187. The van der Waals surface area contributed by atoms with Gasteiger partial charge in [-0.1, -0.05) is 17.8 Å². The molecule has 0 spiro atoms. The molecule has 1 aliphatic heterocycles. The summed E-state index contributed by atoms with van der Waals surface area (Å²) in [5.41, 5.74) is 2.44. The van der Waals surface area contributed by atoms with E-state index in [1.807, 2.05) is 24.3 Å². The minimum absolute atomic E-state index is 0.0423. The van der Waals surface area contributed by atoms with Crippen molar-refractivity contribution in [2.24, 2.45) is 0 Å². The van der Waals surface area contributed by atoms with Crippen molar-refractivity contribution in [1.82, 2.24) is 15.1 Å². The molecule has 0 aliphatic carbocycles. The molecule has 2 amide bonds. The molecule has 0 atom stereocenters. The second kappa shape index (κ2) is 11.9. The van der Waals surface area contributed by atoms with E-state index in [0.717, 1.165) is 17.4 Å². The van der Waals surface area contributed by atoms with Gasteiger partial charge in [0.05, 0.1) is 10.7 Å². The van der Waals surface area contributed by atoms with Crippen LogP contribution >= 0.6 is 11.8 Å². The number of benzene rings is 3. The summed E-state index contributed by atoms with van der Waals surface area (Å²) < 4.78 is 19.0. The highest BCUT2D eigenvalue weighted by Crippen LogP contribution is 2.25. The Morgan fingerprint density at radius 2 is 1.73 bits per heavy atom. The van der Waals surface area contributed by atoms with Crippen molar-refractivity contribution in [3.63, 3.8) is 0 Å². The predicted molar refractivity (Wildman–Crippen MR) is 147 cm³/mol. The zero-order valence-corrected chi connectivity index (χ0v) is 21.8. The molecule has 1 N–H and O–H groups in total. The Hall–Kier alpha value is -4.78. The van der Waals surface area contributed by atoms with E-state index in [4.69, 9.17) is 4.42 Å². The number of rotatable bonds is 8. The van der Waals surface area contributed by atoms with E-state index in [-0.39, 0.29) is 34.4 Å². The first-order valence-electron chi connectivity index (χ1n) is 12.3. The van der Waals surface area contributed by atoms with Crippen LogP contribution in [0, 0.1) is 15.9 Å². The lowest BCUT2D eigenvalue weighted by molar-refractivity contribution is -0.384. The van der Waals surface area contributed by atoms with Gasteiger partial charge in [-0.05, 0) is 54.6 Å². The maximum absolute atomic E-state index is 13.5. The lowest BCUT2D eigenvalue weighted by Crippen LogP contribution is -2.48. The average molecular weight is 563 g/mol. The molecule has 1 aliphatic rings. The van der Waals surface area contributed by atoms with Gasteiger partial charge in [0.2, 0.25) is 11.8 Å². The Morgan fingerprint density at radius 3 is 2.40 bits per heavy atom. The van der Waals surface area contributed by atoms with Crippen LogP contribution in [0.4, 0.5) is 21.5 Å². The van der Waals surface area contributed by atoms with Crippen LogP contribution in [0.1, 0.15) is 10.4 Å². The van der Waals surface area contributed by atoms with Gasteiger partial charge in [-0.15, -0.1) is 10.2 Å². The number of hydrogen-bond donors (Lipinski definition) is 1. The SMILES string of the molecule is O=C(CSc1nnc(-c2ccc([N+](=O)[O-])cc2)o1)Nc1ccc(N2CCN(C(=O)c3cccc(F)c3)CC2)cc1. The standard InChI is InChI=1S/C27H23FN6O5S/c28-20-3-1-2-19(16-20)26(36)33-14-12-32(13-15-33)22-10-6-21(7-11-22)29-24(35)17-40-27-31-30-25(39-27)18-4-8-23(9-5-18)34(37)38/h1-11,16H,12-15,17H2,(H,29,35). The fourth-order valence-corrected chi connectivity index (χ4v) is 4.73. The van der Waals surface area contributed by atoms with Gasteiger partial charge < -0.3 is 19.5 Å². The largest absolute Gasteiger partial charge is 0.411 e. The number of amides is 2. The van der Waals surface area contributed by atoms with Gasteiger partial charge in [-0.25, -0.2) is 4.39 Å². The van der Waals surface area contributed by atoms with Crippen LogP contribution < -0.4 is 10.2 Å². The molecule has 204 valence electrons. The monoisotopic (exact) mass is 562 g/mol. The number of halogens is 1. The third kappa shape index (κ3) is 6.43. The molecule has 4 aromatic rings. The number of thioether (sulfide) groups is 1. The molecule has 0 radical (unpaired) electrons. The van der Waals surface area contributed by atoms with E-state index in [9.17, 15) is 24.1 Å². The van der Waals surface area contributed by atoms with E-state index >= 15 is 0 Å². The Kier molecular flexibility index (Phi) is 8.01. The van der Waals surface area contributed by atoms with Gasteiger partial charge in [0.25, 0.3) is 16.8 Å². The van der Waals surface area contributed by atoms with Crippen molar-refractivity contribution < 1.29 is 23.3 Å². The number of carbonyl (C=O) groups excluding carboxylic acids is 2. The molecule has 1 saturated heterocycles. The highest BCUT2D eigenvalue weighted by molar-refractivity contribution is 7.99. The zero-order chi connectivity index (χ0) is 28.1. The molecule has 0 unspecified atom stereocenters. The summed E-state index contributed by atoms with van der Waals surface area (Å²) in [4.78, 5) is 39.2. The zero-order valence-electron chi connectivity index (χ0n) is 21.0. The molecule has 0 saturated carbocycles. The summed E-state index contributed by atoms with van der Waals surface area (Å²) in [6.07, 6.45) is 0. The first-order valence-corrected chi connectivity index (χ1v) is 13.2. The van der Waals surface area contributed by atoms with Crippen LogP contribution in [0.2, 0.25) is 0 Å². The molecule has 3 aromatic carbocycles. The van der Waals surface area contributed by atoms with Gasteiger partial charge in [0.1, 0.15) is 5.82 Å². The first kappa shape index (κ1) is 26.8. The Bertz CT molecular complexity index is 1520. The van der Waals surface area contributed by atoms with Crippen LogP contribution in [0.5, 0.6) is 0 Å². The fraction of sp³-hybridized carbons (Fsp3) is 0.185. The summed E-state index contributed by atoms with van der Waals surface area (Å²) in [6.45, 7) is 2.31. The molecule has 0 bridgehead atoms. The molecule has 13 heteroatoms. The lowest BCUT2D eigenvalue weighted by Gasteiger charge is -2.36. The fourth-order valence-electron chi connectivity index (χ4n) is 4.16. The number of aromatic nitrogens is 2. The number of non-ortho nitro benzene ring substituents is 1. The maximum Gasteiger partial charge on any atom is 0.277 e. The summed E-state index contributed by atoms with van der Waals surface area (Å²) in [5.74, 6) is -0.618. The Labute approximate surface area is 232 Å². The summed E-state index contributed by atoms with van der Waals surface area (Å²) in [6, 6.07) is 18.9. The van der Waals surface area contributed by atoms with Crippen molar-refractivity contribution in [1.29, 1.82) is 0 Å². The van der Waals surface area contributed by atoms with Gasteiger partial charge in [0, 0.05) is 60.8 Å². The predicted octanol–water partition coefficient (Wildman–Crippen LogP) is 4.48. The number of anilines is 2. The lowest BCUT2D eigenvalue weighted by atomic mass is 10.1. The van der Waals surface area contributed by atoms with Crippen LogP contribution in [-0.4, -0.2) is 63.8 Å². The van der Waals surface area contributed by atoms with Crippen molar-refractivity contribution >= 4 is 40.6 Å². The van der Waals surface area contributed by atoms with Gasteiger partial charge >= 0.3 is 0 Å². The van der Waals surface area contributed by atoms with E-state index in [1.54, 1.807) is 11.0 Å². The molecule has 5 rings (SSSR count). The summed E-state index contributed by atoms with van der Waals surface area (Å²) in [5, 5.41) is 21.7. The highest BCUT2D eigenvalue weighted by atomic mass is 32.2. The van der Waals surface area contributed by atoms with Crippen LogP contribution in [0.25, 0.3) is 11.5 Å². The van der Waals surface area contributed by atoms with E-state index < -0.39 is 10.7 Å². The van der Waals surface area contributed by atoms with Crippen molar-refractivity contribution in [3.8, 4) is 11.5 Å². The molecule has 11 nitrogen and oxygen atoms in total. The molecular formula is C27H23FN6O5S. The number of carbonyl (C=O) groups is 2. The van der Waals surface area contributed by atoms with E-state index in [2.05, 4.69) is 20.4 Å². The average Bonchev–Trinajstić information content (AvgIpc) is 3.45. The van der Waals surface area contributed by atoms with Crippen LogP contribution in [-0.2, 0) is 4.79 Å². The van der Waals surface area contributed by atoms with Crippen molar-refractivity contribution in [2.45, 2.75) is 5.22 Å². The number of nitrogens with zero attached hydrogens (tertiary/aromatic N) is 5. The van der Waals surface area contributed by atoms with E-state index in [1.165, 1.54) is 42.5 Å².